The van der Waals surface area contributed by atoms with E-state index >= 15 is 0 Å². The Morgan fingerprint density at radius 2 is 2.15 bits per heavy atom. The summed E-state index contributed by atoms with van der Waals surface area (Å²) in [5.41, 5.74) is 3.81. The number of aryl methyl sites for hydroxylation is 1. The Balaban J connectivity index is 1.65. The molecular weight excluding hydrogens is 348 g/mol. The monoisotopic (exact) mass is 376 g/mol. The molecule has 1 atom stereocenters. The topological polar surface area (TPSA) is 86.3 Å². The molecule has 0 spiro atoms. The lowest BCUT2D eigenvalue weighted by molar-refractivity contribution is 0.599. The van der Waals surface area contributed by atoms with Gasteiger partial charge in [0.1, 0.15) is 0 Å². The fourth-order valence-corrected chi connectivity index (χ4v) is 5.16. The average molecular weight is 377 g/mol. The molecule has 1 unspecified atom stereocenters. The van der Waals surface area contributed by atoms with Crippen LogP contribution in [0.3, 0.4) is 0 Å². The van der Waals surface area contributed by atoms with Crippen LogP contribution in [0.1, 0.15) is 31.4 Å². The van der Waals surface area contributed by atoms with E-state index in [2.05, 4.69) is 51.9 Å². The van der Waals surface area contributed by atoms with E-state index in [1.807, 2.05) is 6.92 Å². The molecule has 3 N–H and O–H groups in total. The minimum atomic E-state index is -2.89. The van der Waals surface area contributed by atoms with Gasteiger partial charge in [0, 0.05) is 36.2 Å². The van der Waals surface area contributed by atoms with E-state index in [1.54, 1.807) is 0 Å². The molecule has 0 aliphatic carbocycles. The number of benzene rings is 1. The van der Waals surface area contributed by atoms with E-state index in [0.29, 0.717) is 18.9 Å². The van der Waals surface area contributed by atoms with Gasteiger partial charge in [0.05, 0.1) is 11.5 Å². The zero-order valence-electron chi connectivity index (χ0n) is 15.5. The molecule has 2 heterocycles. The highest BCUT2D eigenvalue weighted by molar-refractivity contribution is 7.91. The summed E-state index contributed by atoms with van der Waals surface area (Å²) in [4.78, 5) is 8.03. The molecule has 6 nitrogen and oxygen atoms in total. The summed E-state index contributed by atoms with van der Waals surface area (Å²) < 4.78 is 23.2. The molecule has 1 saturated heterocycles. The van der Waals surface area contributed by atoms with Crippen molar-refractivity contribution in [3.05, 3.63) is 35.5 Å². The second kappa shape index (κ2) is 8.12. The van der Waals surface area contributed by atoms with Gasteiger partial charge in [-0.25, -0.2) is 8.42 Å². The molecule has 0 saturated carbocycles. The molecule has 0 amide bonds. The van der Waals surface area contributed by atoms with Crippen molar-refractivity contribution in [1.29, 1.82) is 0 Å². The van der Waals surface area contributed by atoms with E-state index in [4.69, 9.17) is 0 Å². The SMILES string of the molecule is CCNC(=NCCc1c[nH]c2c(CC)cccc12)NC1CCS(=O)(=O)C1. The number of aliphatic imine (C=N–C) groups is 1. The van der Waals surface area contributed by atoms with Crippen LogP contribution in [0.25, 0.3) is 10.9 Å². The highest BCUT2D eigenvalue weighted by Gasteiger charge is 2.28. The quantitative estimate of drug-likeness (QED) is 0.532. The summed E-state index contributed by atoms with van der Waals surface area (Å²) in [5, 5.41) is 7.73. The van der Waals surface area contributed by atoms with Crippen LogP contribution in [0, 0.1) is 0 Å². The summed E-state index contributed by atoms with van der Waals surface area (Å²) in [6.45, 7) is 5.57. The Kier molecular flexibility index (Phi) is 5.86. The zero-order chi connectivity index (χ0) is 18.6. The summed E-state index contributed by atoms with van der Waals surface area (Å²) >= 11 is 0. The first-order valence-electron chi connectivity index (χ1n) is 9.35. The second-order valence-electron chi connectivity index (χ2n) is 6.76. The van der Waals surface area contributed by atoms with Gasteiger partial charge in [0.2, 0.25) is 0 Å². The van der Waals surface area contributed by atoms with Crippen molar-refractivity contribution in [2.45, 2.75) is 39.2 Å². The number of sulfone groups is 1. The van der Waals surface area contributed by atoms with Crippen molar-refractivity contribution in [1.82, 2.24) is 15.6 Å². The van der Waals surface area contributed by atoms with Gasteiger partial charge in [-0.1, -0.05) is 25.1 Å². The lowest BCUT2D eigenvalue weighted by Gasteiger charge is -2.15. The van der Waals surface area contributed by atoms with E-state index in [-0.39, 0.29) is 17.5 Å². The lowest BCUT2D eigenvalue weighted by Crippen LogP contribution is -2.44. The second-order valence-corrected chi connectivity index (χ2v) is 8.99. The molecule has 7 heteroatoms. The van der Waals surface area contributed by atoms with Gasteiger partial charge in [-0.05, 0) is 37.3 Å². The van der Waals surface area contributed by atoms with E-state index < -0.39 is 9.84 Å². The number of hydrogen-bond acceptors (Lipinski definition) is 3. The van der Waals surface area contributed by atoms with Crippen LogP contribution < -0.4 is 10.6 Å². The highest BCUT2D eigenvalue weighted by atomic mass is 32.2. The number of aromatic nitrogens is 1. The first kappa shape index (κ1) is 18.8. The number of guanidine groups is 1. The first-order valence-corrected chi connectivity index (χ1v) is 11.2. The molecule has 0 bridgehead atoms. The van der Waals surface area contributed by atoms with Crippen LogP contribution in [0.4, 0.5) is 0 Å². The lowest BCUT2D eigenvalue weighted by atomic mass is 10.1. The Labute approximate surface area is 155 Å². The minimum Gasteiger partial charge on any atom is -0.361 e. The van der Waals surface area contributed by atoms with Crippen molar-refractivity contribution >= 4 is 26.7 Å². The number of H-pyrrole nitrogens is 1. The van der Waals surface area contributed by atoms with Gasteiger partial charge in [-0.2, -0.15) is 0 Å². The Morgan fingerprint density at radius 3 is 2.85 bits per heavy atom. The summed E-state index contributed by atoms with van der Waals surface area (Å²) in [6.07, 6.45) is 4.57. The maximum atomic E-state index is 11.6. The third kappa shape index (κ3) is 4.38. The van der Waals surface area contributed by atoms with Crippen LogP contribution in [0.5, 0.6) is 0 Å². The average Bonchev–Trinajstić information content (AvgIpc) is 3.18. The smallest absolute Gasteiger partial charge is 0.191 e. The standard InChI is InChI=1S/C19H28N4O2S/c1-3-14-6-5-7-17-15(12-22-18(14)17)8-10-21-19(20-4-2)23-16-9-11-26(24,25)13-16/h5-7,12,16,22H,3-4,8-11,13H2,1-2H3,(H2,20,21,23). The van der Waals surface area contributed by atoms with Gasteiger partial charge in [0.25, 0.3) is 0 Å². The largest absolute Gasteiger partial charge is 0.361 e. The molecule has 1 aromatic heterocycles. The number of hydrogen-bond donors (Lipinski definition) is 3. The number of para-hydroxylation sites is 1. The zero-order valence-corrected chi connectivity index (χ0v) is 16.3. The molecule has 1 aliphatic rings. The fourth-order valence-electron chi connectivity index (χ4n) is 3.49. The third-order valence-electron chi connectivity index (χ3n) is 4.84. The summed E-state index contributed by atoms with van der Waals surface area (Å²) in [5.74, 6) is 1.16. The predicted molar refractivity (Wildman–Crippen MR) is 108 cm³/mol. The summed E-state index contributed by atoms with van der Waals surface area (Å²) in [7, 11) is -2.89. The maximum absolute atomic E-state index is 11.6. The normalized spacial score (nSPS) is 19.8. The Bertz CT molecular complexity index is 886. The van der Waals surface area contributed by atoms with Gasteiger partial charge in [-0.15, -0.1) is 0 Å². The Hall–Kier alpha value is -2.02. The van der Waals surface area contributed by atoms with Gasteiger partial charge >= 0.3 is 0 Å². The number of fused-ring (bicyclic) bond motifs is 1. The summed E-state index contributed by atoms with van der Waals surface area (Å²) in [6, 6.07) is 6.37. The number of nitrogens with one attached hydrogen (secondary N) is 3. The van der Waals surface area contributed by atoms with Crippen LogP contribution in [0.15, 0.2) is 29.4 Å². The van der Waals surface area contributed by atoms with Crippen molar-refractivity contribution in [3.8, 4) is 0 Å². The van der Waals surface area contributed by atoms with Gasteiger partial charge in [0.15, 0.2) is 15.8 Å². The third-order valence-corrected chi connectivity index (χ3v) is 6.60. The predicted octanol–water partition coefficient (Wildman–Crippen LogP) is 2.01. The molecule has 142 valence electrons. The van der Waals surface area contributed by atoms with Crippen molar-refractivity contribution in [2.24, 2.45) is 4.99 Å². The fraction of sp³-hybridized carbons (Fsp3) is 0.526. The molecule has 2 aromatic rings. The molecule has 1 aliphatic heterocycles. The van der Waals surface area contributed by atoms with Crippen molar-refractivity contribution in [2.75, 3.05) is 24.6 Å². The molecular formula is C19H28N4O2S. The minimum absolute atomic E-state index is 0.0435. The maximum Gasteiger partial charge on any atom is 0.191 e. The van der Waals surface area contributed by atoms with Crippen LogP contribution in [-0.2, 0) is 22.7 Å². The highest BCUT2D eigenvalue weighted by Crippen LogP contribution is 2.22. The van der Waals surface area contributed by atoms with Gasteiger partial charge in [-0.3, -0.25) is 4.99 Å². The molecule has 1 aromatic carbocycles. The Morgan fingerprint density at radius 1 is 1.31 bits per heavy atom. The molecule has 1 fully saturated rings. The van der Waals surface area contributed by atoms with E-state index in [1.165, 1.54) is 22.0 Å². The van der Waals surface area contributed by atoms with Crippen LogP contribution >= 0.6 is 0 Å². The molecule has 0 radical (unpaired) electrons. The van der Waals surface area contributed by atoms with E-state index in [9.17, 15) is 8.42 Å². The first-order chi connectivity index (χ1) is 12.5. The van der Waals surface area contributed by atoms with Crippen molar-refractivity contribution < 1.29 is 8.42 Å². The number of rotatable bonds is 6. The van der Waals surface area contributed by atoms with E-state index in [0.717, 1.165) is 19.4 Å². The van der Waals surface area contributed by atoms with Crippen LogP contribution in [-0.4, -0.2) is 50.0 Å². The number of aromatic amines is 1. The van der Waals surface area contributed by atoms with Crippen LogP contribution in [0.2, 0.25) is 0 Å². The van der Waals surface area contributed by atoms with Crippen molar-refractivity contribution in [3.63, 3.8) is 0 Å². The molecule has 3 rings (SSSR count). The number of nitrogens with zero attached hydrogens (tertiary/aromatic N) is 1. The molecule has 26 heavy (non-hydrogen) atoms. The van der Waals surface area contributed by atoms with Gasteiger partial charge < -0.3 is 15.6 Å².